The average Bonchev–Trinajstić information content (AvgIpc) is 3.27. The molecular weight excluding hydrogens is 482 g/mol. The molecule has 2 aromatic heterocycles. The molecule has 0 saturated heterocycles. The Labute approximate surface area is 207 Å². The lowest BCUT2D eigenvalue weighted by atomic mass is 9.86. The van der Waals surface area contributed by atoms with Crippen LogP contribution < -0.4 is 20.1 Å². The maximum absolute atomic E-state index is 12.8. The number of amides is 2. The second-order valence-electron chi connectivity index (χ2n) is 9.07. The molecule has 5 rings (SSSR count). The summed E-state index contributed by atoms with van der Waals surface area (Å²) in [6.45, 7) is 6.26. The molecule has 0 bridgehead atoms. The van der Waals surface area contributed by atoms with E-state index in [1.807, 2.05) is 24.3 Å². The number of nitrogens with one attached hydrogen (secondary N) is 3. The molecule has 0 atom stereocenters. The van der Waals surface area contributed by atoms with E-state index < -0.39 is 16.1 Å². The highest BCUT2D eigenvalue weighted by atomic mass is 32.2. The summed E-state index contributed by atoms with van der Waals surface area (Å²) in [6.07, 6.45) is 2.81. The maximum Gasteiger partial charge on any atom is 0.323 e. The van der Waals surface area contributed by atoms with Gasteiger partial charge in [0.2, 0.25) is 11.8 Å². The number of sulfonamides is 1. The number of urea groups is 1. The van der Waals surface area contributed by atoms with Crippen LogP contribution in [0.1, 0.15) is 26.3 Å². The van der Waals surface area contributed by atoms with E-state index in [0.29, 0.717) is 17.1 Å². The lowest BCUT2D eigenvalue weighted by molar-refractivity contribution is 0.262. The molecule has 184 valence electrons. The van der Waals surface area contributed by atoms with Gasteiger partial charge in [0.15, 0.2) is 0 Å². The number of carbonyl (C=O) groups excluding carboxylic acids is 1. The van der Waals surface area contributed by atoms with Crippen LogP contribution in [0.25, 0.3) is 5.69 Å². The highest BCUT2D eigenvalue weighted by Crippen LogP contribution is 2.36. The van der Waals surface area contributed by atoms with Crippen LogP contribution in [0, 0.1) is 0 Å². The fourth-order valence-electron chi connectivity index (χ4n) is 3.78. The Morgan fingerprint density at radius 3 is 2.64 bits per heavy atom. The van der Waals surface area contributed by atoms with E-state index in [4.69, 9.17) is 4.74 Å². The van der Waals surface area contributed by atoms with Crippen LogP contribution in [0.5, 0.6) is 11.6 Å². The van der Waals surface area contributed by atoms with Gasteiger partial charge in [-0.2, -0.15) is 14.8 Å². The second kappa shape index (κ2) is 8.64. The summed E-state index contributed by atoms with van der Waals surface area (Å²) < 4.78 is 34.7. The first-order chi connectivity index (χ1) is 17.1. The molecule has 0 radical (unpaired) electrons. The lowest BCUT2D eigenvalue weighted by Crippen LogP contribution is -2.25. The third-order valence-electron chi connectivity index (χ3n) is 5.43. The Morgan fingerprint density at radius 2 is 1.83 bits per heavy atom. The number of aromatic nitrogens is 4. The van der Waals surface area contributed by atoms with Crippen molar-refractivity contribution in [1.29, 1.82) is 0 Å². The number of pyridine rings is 1. The van der Waals surface area contributed by atoms with E-state index in [1.54, 1.807) is 18.3 Å². The molecular formula is C24H23N7O4S. The summed E-state index contributed by atoms with van der Waals surface area (Å²) in [6, 6.07) is 14.8. The Kier molecular flexibility index (Phi) is 5.59. The zero-order valence-electron chi connectivity index (χ0n) is 19.7. The largest absolute Gasteiger partial charge is 0.437 e. The summed E-state index contributed by atoms with van der Waals surface area (Å²) in [5, 5.41) is 9.51. The fourth-order valence-corrected chi connectivity index (χ4v) is 4.94. The van der Waals surface area contributed by atoms with Crippen LogP contribution in [0.15, 0.2) is 72.0 Å². The van der Waals surface area contributed by atoms with Crippen molar-refractivity contribution in [2.24, 2.45) is 0 Å². The minimum atomic E-state index is -3.80. The van der Waals surface area contributed by atoms with Gasteiger partial charge in [-0.15, -0.1) is 0 Å². The van der Waals surface area contributed by atoms with Gasteiger partial charge in [0.05, 0.1) is 5.69 Å². The van der Waals surface area contributed by atoms with Gasteiger partial charge in [-0.3, -0.25) is 0 Å². The maximum atomic E-state index is 12.8. The summed E-state index contributed by atoms with van der Waals surface area (Å²) in [7, 11) is -3.80. The van der Waals surface area contributed by atoms with Crippen LogP contribution in [0.3, 0.4) is 0 Å². The molecule has 0 unspecified atom stereocenters. The number of para-hydroxylation sites is 1. The SMILES string of the molecule is CC(C)(C)c1ccccc1Oc1ncccc1NC(=O)Nc1ccc2c(c1)-n1ncnc1NS2(=O)=O. The van der Waals surface area contributed by atoms with Gasteiger partial charge in [0, 0.05) is 17.4 Å². The van der Waals surface area contributed by atoms with Crippen molar-refractivity contribution in [2.75, 3.05) is 15.4 Å². The normalized spacial score (nSPS) is 13.6. The van der Waals surface area contributed by atoms with Gasteiger partial charge in [-0.25, -0.2) is 22.9 Å². The summed E-state index contributed by atoms with van der Waals surface area (Å²) in [5.41, 5.74) is 1.83. The fraction of sp³-hybridized carbons (Fsp3) is 0.167. The number of carbonyl (C=O) groups is 1. The lowest BCUT2D eigenvalue weighted by Gasteiger charge is -2.22. The van der Waals surface area contributed by atoms with Crippen molar-refractivity contribution in [3.05, 3.63) is 72.7 Å². The molecule has 0 aliphatic carbocycles. The summed E-state index contributed by atoms with van der Waals surface area (Å²) in [5.74, 6) is 0.941. The van der Waals surface area contributed by atoms with Crippen molar-refractivity contribution < 1.29 is 17.9 Å². The van der Waals surface area contributed by atoms with Gasteiger partial charge >= 0.3 is 6.03 Å². The number of hydrogen-bond acceptors (Lipinski definition) is 7. The zero-order chi connectivity index (χ0) is 25.5. The van der Waals surface area contributed by atoms with Gasteiger partial charge in [0.25, 0.3) is 10.0 Å². The van der Waals surface area contributed by atoms with Crippen molar-refractivity contribution in [3.8, 4) is 17.3 Å². The molecule has 12 heteroatoms. The quantitative estimate of drug-likeness (QED) is 0.371. The average molecular weight is 506 g/mol. The van der Waals surface area contributed by atoms with E-state index in [9.17, 15) is 13.2 Å². The Morgan fingerprint density at radius 1 is 1.03 bits per heavy atom. The van der Waals surface area contributed by atoms with Crippen LogP contribution >= 0.6 is 0 Å². The molecule has 0 spiro atoms. The molecule has 1 aliphatic rings. The summed E-state index contributed by atoms with van der Waals surface area (Å²) in [4.78, 5) is 21.1. The van der Waals surface area contributed by atoms with E-state index >= 15 is 0 Å². The number of fused-ring (bicyclic) bond motifs is 3. The van der Waals surface area contributed by atoms with Crippen molar-refractivity contribution in [2.45, 2.75) is 31.1 Å². The molecule has 1 aliphatic heterocycles. The molecule has 2 aromatic carbocycles. The van der Waals surface area contributed by atoms with Crippen LogP contribution in [0.4, 0.5) is 22.1 Å². The minimum absolute atomic E-state index is 0.0203. The molecule has 2 amide bonds. The monoisotopic (exact) mass is 505 g/mol. The molecule has 3 heterocycles. The first-order valence-electron chi connectivity index (χ1n) is 11.0. The molecule has 3 N–H and O–H groups in total. The molecule has 0 saturated carbocycles. The number of anilines is 3. The molecule has 4 aromatic rings. The van der Waals surface area contributed by atoms with Crippen molar-refractivity contribution >= 4 is 33.4 Å². The van der Waals surface area contributed by atoms with E-state index in [2.05, 4.69) is 51.2 Å². The number of ether oxygens (including phenoxy) is 1. The van der Waals surface area contributed by atoms with Crippen LogP contribution in [-0.4, -0.2) is 34.2 Å². The Bertz CT molecular complexity index is 1580. The first kappa shape index (κ1) is 23.3. The topological polar surface area (TPSA) is 140 Å². The third kappa shape index (κ3) is 4.45. The smallest absolute Gasteiger partial charge is 0.323 e. The highest BCUT2D eigenvalue weighted by molar-refractivity contribution is 7.93. The van der Waals surface area contributed by atoms with Crippen LogP contribution in [-0.2, 0) is 15.4 Å². The van der Waals surface area contributed by atoms with Gasteiger partial charge in [-0.05, 0) is 41.8 Å². The van der Waals surface area contributed by atoms with E-state index in [-0.39, 0.29) is 27.8 Å². The van der Waals surface area contributed by atoms with Gasteiger partial charge < -0.3 is 15.4 Å². The van der Waals surface area contributed by atoms with Gasteiger partial charge in [0.1, 0.15) is 22.7 Å². The standard InChI is InChI=1S/C24H23N7O4S/c1-24(2,3)16-7-4-5-9-19(16)35-21-17(8-6-12-25-21)29-23(32)28-15-10-11-20-18(13-15)31-22(26-14-27-31)30-36(20,33)34/h4-14H,1-3H3,(H,26,27,30)(H2,28,29,32). The third-order valence-corrected chi connectivity index (χ3v) is 6.80. The number of nitrogens with zero attached hydrogens (tertiary/aromatic N) is 4. The predicted octanol–water partition coefficient (Wildman–Crippen LogP) is 4.51. The van der Waals surface area contributed by atoms with Gasteiger partial charge in [-0.1, -0.05) is 39.0 Å². The highest BCUT2D eigenvalue weighted by Gasteiger charge is 2.29. The van der Waals surface area contributed by atoms with Crippen LogP contribution in [0.2, 0.25) is 0 Å². The molecule has 36 heavy (non-hydrogen) atoms. The molecule has 11 nitrogen and oxygen atoms in total. The predicted molar refractivity (Wildman–Crippen MR) is 134 cm³/mol. The number of benzene rings is 2. The molecule has 0 fully saturated rings. The number of rotatable bonds is 4. The Balaban J connectivity index is 1.38. The van der Waals surface area contributed by atoms with E-state index in [1.165, 1.54) is 29.2 Å². The van der Waals surface area contributed by atoms with E-state index in [0.717, 1.165) is 5.56 Å². The minimum Gasteiger partial charge on any atom is -0.437 e. The summed E-state index contributed by atoms with van der Waals surface area (Å²) >= 11 is 0. The van der Waals surface area contributed by atoms with Crippen molar-refractivity contribution in [1.82, 2.24) is 19.7 Å². The van der Waals surface area contributed by atoms with Crippen molar-refractivity contribution in [3.63, 3.8) is 0 Å². The Hall–Kier alpha value is -4.45. The zero-order valence-corrected chi connectivity index (χ0v) is 20.5. The number of hydrogen-bond donors (Lipinski definition) is 3. The second-order valence-corrected chi connectivity index (χ2v) is 10.7. The first-order valence-corrected chi connectivity index (χ1v) is 12.5.